The molecule has 2 amide bonds. The van der Waals surface area contributed by atoms with Crippen molar-refractivity contribution in [2.45, 2.75) is 19.0 Å². The number of anilines is 1. The number of ketones is 1. The van der Waals surface area contributed by atoms with Crippen molar-refractivity contribution < 1.29 is 18.4 Å². The van der Waals surface area contributed by atoms with E-state index in [4.69, 9.17) is 17.3 Å². The van der Waals surface area contributed by atoms with Gasteiger partial charge in [-0.2, -0.15) is 0 Å². The normalized spacial score (nSPS) is 16.1. The van der Waals surface area contributed by atoms with Crippen molar-refractivity contribution in [3.05, 3.63) is 64.2 Å². The number of carbonyl (C=O) groups is 2. The summed E-state index contributed by atoms with van der Waals surface area (Å²) in [6.07, 6.45) is 0.820. The van der Waals surface area contributed by atoms with Crippen molar-refractivity contribution in [2.75, 3.05) is 38.6 Å². The van der Waals surface area contributed by atoms with Crippen LogP contribution in [-0.4, -0.2) is 61.4 Å². The average molecular weight is 451 g/mol. The van der Waals surface area contributed by atoms with Crippen molar-refractivity contribution in [2.24, 2.45) is 5.73 Å². The number of carbonyl (C=O) groups excluding carboxylic acids is 2. The quantitative estimate of drug-likeness (QED) is 0.684. The molecular formula is C22H25ClF2N4O2. The molecule has 1 saturated heterocycles. The summed E-state index contributed by atoms with van der Waals surface area (Å²) in [6.45, 7) is 0.759. The second kappa shape index (κ2) is 9.72. The zero-order valence-corrected chi connectivity index (χ0v) is 18.2. The fourth-order valence-electron chi connectivity index (χ4n) is 3.57. The minimum absolute atomic E-state index is 0.104. The zero-order chi connectivity index (χ0) is 22.7. The Morgan fingerprint density at radius 2 is 1.90 bits per heavy atom. The molecule has 3 rings (SSSR count). The Kier molecular flexibility index (Phi) is 7.25. The summed E-state index contributed by atoms with van der Waals surface area (Å²) in [7, 11) is 3.91. The van der Waals surface area contributed by atoms with Gasteiger partial charge in [0.1, 0.15) is 11.6 Å². The molecule has 0 bridgehead atoms. The molecule has 0 radical (unpaired) electrons. The molecule has 0 aliphatic carbocycles. The molecule has 1 heterocycles. The number of likely N-dealkylation sites (tertiary alicyclic amines) is 1. The van der Waals surface area contributed by atoms with Crippen LogP contribution < -0.4 is 10.6 Å². The number of hydrogen-bond acceptors (Lipinski definition) is 4. The fraction of sp³-hybridized carbons (Fsp3) is 0.364. The van der Waals surface area contributed by atoms with E-state index in [1.165, 1.54) is 35.2 Å². The molecule has 0 unspecified atom stereocenters. The molecule has 2 aromatic rings. The minimum atomic E-state index is -0.627. The van der Waals surface area contributed by atoms with E-state index in [1.54, 1.807) is 4.90 Å². The second-order valence-electron chi connectivity index (χ2n) is 7.75. The summed E-state index contributed by atoms with van der Waals surface area (Å²) in [4.78, 5) is 30.2. The summed E-state index contributed by atoms with van der Waals surface area (Å²) in [5, 5.41) is -0.132. The number of rotatable bonds is 6. The lowest BCUT2D eigenvalue weighted by Crippen LogP contribution is -2.43. The Labute approximate surface area is 185 Å². The van der Waals surface area contributed by atoms with E-state index in [-0.39, 0.29) is 47.1 Å². The van der Waals surface area contributed by atoms with E-state index >= 15 is 0 Å². The van der Waals surface area contributed by atoms with Crippen LogP contribution in [0.4, 0.5) is 19.3 Å². The molecule has 166 valence electrons. The molecule has 9 heteroatoms. The van der Waals surface area contributed by atoms with Crippen LogP contribution in [0.3, 0.4) is 0 Å². The molecule has 31 heavy (non-hydrogen) atoms. The van der Waals surface area contributed by atoms with E-state index < -0.39 is 11.6 Å². The number of hydrogen-bond donors (Lipinski definition) is 1. The summed E-state index contributed by atoms with van der Waals surface area (Å²) < 4.78 is 28.4. The molecule has 0 aromatic heterocycles. The Morgan fingerprint density at radius 3 is 2.48 bits per heavy atom. The van der Waals surface area contributed by atoms with Crippen LogP contribution in [0.25, 0.3) is 0 Å². The third-order valence-corrected chi connectivity index (χ3v) is 5.79. The molecule has 1 atom stereocenters. The van der Waals surface area contributed by atoms with Crippen LogP contribution in [0.15, 0.2) is 36.4 Å². The highest BCUT2D eigenvalue weighted by Gasteiger charge is 2.31. The first-order valence-electron chi connectivity index (χ1n) is 9.91. The third kappa shape index (κ3) is 5.20. The maximum atomic E-state index is 14.7. The van der Waals surface area contributed by atoms with E-state index in [1.807, 2.05) is 14.1 Å². The van der Waals surface area contributed by atoms with Gasteiger partial charge in [-0.15, -0.1) is 0 Å². The highest BCUT2D eigenvalue weighted by atomic mass is 35.5. The number of halogens is 3. The molecule has 1 fully saturated rings. The van der Waals surface area contributed by atoms with Gasteiger partial charge in [0.2, 0.25) is 0 Å². The second-order valence-corrected chi connectivity index (χ2v) is 8.16. The third-order valence-electron chi connectivity index (χ3n) is 5.50. The summed E-state index contributed by atoms with van der Waals surface area (Å²) >= 11 is 5.94. The molecule has 1 aliphatic heterocycles. The van der Waals surface area contributed by atoms with Gasteiger partial charge in [-0.3, -0.25) is 9.69 Å². The van der Waals surface area contributed by atoms with Crippen molar-refractivity contribution in [3.63, 3.8) is 0 Å². The first-order chi connectivity index (χ1) is 14.7. The van der Waals surface area contributed by atoms with E-state index in [2.05, 4.69) is 4.90 Å². The van der Waals surface area contributed by atoms with Crippen LogP contribution >= 0.6 is 11.6 Å². The maximum Gasteiger partial charge on any atom is 0.324 e. The number of benzene rings is 2. The number of amides is 2. The number of Topliss-reactive ketones (excluding diaryl/α,β-unsaturated/α-hetero) is 1. The van der Waals surface area contributed by atoms with Gasteiger partial charge in [0.15, 0.2) is 5.78 Å². The summed E-state index contributed by atoms with van der Waals surface area (Å²) in [6, 6.07) is 7.89. The number of likely N-dealkylation sites (N-methyl/N-ethyl adjacent to an activating group) is 1. The Morgan fingerprint density at radius 1 is 1.16 bits per heavy atom. The molecule has 0 saturated carbocycles. The zero-order valence-electron chi connectivity index (χ0n) is 17.4. The maximum absolute atomic E-state index is 14.7. The molecule has 2 aromatic carbocycles. The van der Waals surface area contributed by atoms with Gasteiger partial charge in [0.05, 0.1) is 18.1 Å². The van der Waals surface area contributed by atoms with Gasteiger partial charge in [-0.1, -0.05) is 23.7 Å². The van der Waals surface area contributed by atoms with Crippen LogP contribution in [0.5, 0.6) is 0 Å². The molecule has 6 nitrogen and oxygen atoms in total. The molecule has 1 aliphatic rings. The number of nitrogens with two attached hydrogens (primary N) is 1. The topological polar surface area (TPSA) is 69.9 Å². The van der Waals surface area contributed by atoms with E-state index in [0.717, 1.165) is 12.5 Å². The Hall–Kier alpha value is -2.55. The van der Waals surface area contributed by atoms with Gasteiger partial charge in [-0.05, 0) is 44.8 Å². The lowest BCUT2D eigenvalue weighted by molar-refractivity contribution is 0.100. The van der Waals surface area contributed by atoms with Crippen LogP contribution in [0, 0.1) is 11.6 Å². The summed E-state index contributed by atoms with van der Waals surface area (Å²) in [5.74, 6) is -1.61. The first-order valence-corrected chi connectivity index (χ1v) is 10.3. The lowest BCUT2D eigenvalue weighted by atomic mass is 10.1. The van der Waals surface area contributed by atoms with Crippen molar-refractivity contribution in [1.82, 2.24) is 9.80 Å². The van der Waals surface area contributed by atoms with Crippen molar-refractivity contribution >= 4 is 29.1 Å². The monoisotopic (exact) mass is 450 g/mol. The summed E-state index contributed by atoms with van der Waals surface area (Å²) in [5.41, 5.74) is 6.07. The molecule has 0 spiro atoms. The predicted molar refractivity (Wildman–Crippen MR) is 116 cm³/mol. The van der Waals surface area contributed by atoms with Gasteiger partial charge < -0.3 is 15.5 Å². The van der Waals surface area contributed by atoms with E-state index in [0.29, 0.717) is 18.8 Å². The fourth-order valence-corrected chi connectivity index (χ4v) is 3.74. The molecular weight excluding hydrogens is 426 g/mol. The highest BCUT2D eigenvalue weighted by Crippen LogP contribution is 2.27. The Balaban J connectivity index is 1.92. The van der Waals surface area contributed by atoms with E-state index in [9.17, 15) is 18.4 Å². The largest absolute Gasteiger partial charge is 0.324 e. The van der Waals surface area contributed by atoms with Crippen LogP contribution in [0.1, 0.15) is 22.3 Å². The average Bonchev–Trinajstić information content (AvgIpc) is 3.24. The van der Waals surface area contributed by atoms with Gasteiger partial charge in [0.25, 0.3) is 0 Å². The SMILES string of the molecule is CN(C)[C@H]1CCN(C(=O)N(Cc2ccc(C(=O)CN)cc2F)c2ccc(F)c(Cl)c2)C1. The predicted octanol–water partition coefficient (Wildman–Crippen LogP) is 3.52. The lowest BCUT2D eigenvalue weighted by Gasteiger charge is -2.29. The molecule has 2 N–H and O–H groups in total. The van der Waals surface area contributed by atoms with Crippen LogP contribution in [0.2, 0.25) is 5.02 Å². The van der Waals surface area contributed by atoms with Crippen LogP contribution in [-0.2, 0) is 6.54 Å². The van der Waals surface area contributed by atoms with Gasteiger partial charge >= 0.3 is 6.03 Å². The minimum Gasteiger partial charge on any atom is -0.324 e. The van der Waals surface area contributed by atoms with Gasteiger partial charge in [0, 0.05) is 35.9 Å². The van der Waals surface area contributed by atoms with Gasteiger partial charge in [-0.25, -0.2) is 13.6 Å². The standard InChI is InChI=1S/C22H25ClF2N4O2/c1-27(2)17-7-8-28(13-17)22(31)29(16-5-6-19(24)18(23)10-16)12-15-4-3-14(9-20(15)25)21(30)11-26/h3-6,9-10,17H,7-8,11-13,26H2,1-2H3/t17-/m0/s1. The van der Waals surface area contributed by atoms with Crippen molar-refractivity contribution in [3.8, 4) is 0 Å². The smallest absolute Gasteiger partial charge is 0.324 e. The number of urea groups is 1. The van der Waals surface area contributed by atoms with Crippen molar-refractivity contribution in [1.29, 1.82) is 0 Å². The Bertz CT molecular complexity index is 986. The number of nitrogens with zero attached hydrogens (tertiary/aromatic N) is 3. The first kappa shape index (κ1) is 23.1. The highest BCUT2D eigenvalue weighted by molar-refractivity contribution is 6.31.